The minimum Gasteiger partial charge on any atom is -0.494 e. The molecule has 1 aliphatic carbocycles. The Hall–Kier alpha value is -1.58. The molecule has 1 saturated carbocycles. The highest BCUT2D eigenvalue weighted by molar-refractivity contribution is 5.94. The van der Waals surface area contributed by atoms with Crippen LogP contribution < -0.4 is 10.1 Å². The first-order chi connectivity index (χ1) is 7.61. The number of aryl methyl sites for hydroxylation is 1. The lowest BCUT2D eigenvalue weighted by molar-refractivity contribution is -0.117. The fourth-order valence-electron chi connectivity index (χ4n) is 1.53. The van der Waals surface area contributed by atoms with E-state index < -0.39 is 5.82 Å². The van der Waals surface area contributed by atoms with Crippen molar-refractivity contribution < 1.29 is 13.9 Å². The van der Waals surface area contributed by atoms with E-state index in [1.165, 1.54) is 13.2 Å². The molecule has 0 spiro atoms. The highest BCUT2D eigenvalue weighted by atomic mass is 19.1. The van der Waals surface area contributed by atoms with Crippen molar-refractivity contribution in [1.29, 1.82) is 0 Å². The second-order valence-electron chi connectivity index (χ2n) is 4.07. The molecule has 1 amide bonds. The number of carbonyl (C=O) groups excluding carboxylic acids is 1. The molecular weight excluding hydrogens is 209 g/mol. The summed E-state index contributed by atoms with van der Waals surface area (Å²) >= 11 is 0. The van der Waals surface area contributed by atoms with Crippen molar-refractivity contribution in [3.8, 4) is 5.75 Å². The fourth-order valence-corrected chi connectivity index (χ4v) is 1.53. The molecule has 4 heteroatoms. The third-order valence-electron chi connectivity index (χ3n) is 2.70. The van der Waals surface area contributed by atoms with E-state index in [-0.39, 0.29) is 17.6 Å². The highest BCUT2D eigenvalue weighted by Crippen LogP contribution is 2.31. The van der Waals surface area contributed by atoms with Crippen LogP contribution in [-0.2, 0) is 4.79 Å². The molecule has 0 atom stereocenters. The molecule has 0 radical (unpaired) electrons. The summed E-state index contributed by atoms with van der Waals surface area (Å²) in [5.74, 6) is -0.168. The number of anilines is 1. The lowest BCUT2D eigenvalue weighted by Gasteiger charge is -2.10. The number of methoxy groups -OCH3 is 1. The number of hydrogen-bond donors (Lipinski definition) is 1. The Kier molecular flexibility index (Phi) is 2.81. The number of amides is 1. The van der Waals surface area contributed by atoms with Gasteiger partial charge < -0.3 is 10.1 Å². The van der Waals surface area contributed by atoms with Crippen LogP contribution in [0.5, 0.6) is 5.75 Å². The minimum absolute atomic E-state index is 0.0207. The lowest BCUT2D eigenvalue weighted by atomic mass is 10.1. The van der Waals surface area contributed by atoms with Crippen molar-refractivity contribution in [2.24, 2.45) is 5.92 Å². The monoisotopic (exact) mass is 223 g/mol. The van der Waals surface area contributed by atoms with Gasteiger partial charge in [-0.2, -0.15) is 0 Å². The van der Waals surface area contributed by atoms with Gasteiger partial charge in [-0.3, -0.25) is 4.79 Å². The maximum absolute atomic E-state index is 13.4. The Labute approximate surface area is 93.6 Å². The summed E-state index contributed by atoms with van der Waals surface area (Å²) in [5.41, 5.74) is 1.32. The summed E-state index contributed by atoms with van der Waals surface area (Å²) in [6, 6.07) is 2.88. The molecule has 2 rings (SSSR count). The summed E-state index contributed by atoms with van der Waals surface area (Å²) < 4.78 is 18.3. The Morgan fingerprint density at radius 3 is 2.75 bits per heavy atom. The van der Waals surface area contributed by atoms with Gasteiger partial charge in [0.25, 0.3) is 0 Å². The number of ether oxygens (including phenoxy) is 1. The van der Waals surface area contributed by atoms with Gasteiger partial charge in [-0.05, 0) is 31.4 Å². The summed E-state index contributed by atoms with van der Waals surface area (Å²) in [7, 11) is 1.42. The molecule has 0 aliphatic heterocycles. The predicted molar refractivity (Wildman–Crippen MR) is 59.0 cm³/mol. The van der Waals surface area contributed by atoms with Crippen LogP contribution >= 0.6 is 0 Å². The van der Waals surface area contributed by atoms with E-state index in [4.69, 9.17) is 4.74 Å². The van der Waals surface area contributed by atoms with Crippen molar-refractivity contribution in [1.82, 2.24) is 0 Å². The fraction of sp³-hybridized carbons (Fsp3) is 0.417. The van der Waals surface area contributed by atoms with Gasteiger partial charge >= 0.3 is 0 Å². The average Bonchev–Trinajstić information content (AvgIpc) is 3.06. The SMILES string of the molecule is COc1cc(C)c(NC(=O)C2CC2)cc1F. The van der Waals surface area contributed by atoms with E-state index >= 15 is 0 Å². The Bertz CT molecular complexity index is 427. The molecule has 1 aromatic carbocycles. The normalized spacial score (nSPS) is 14.7. The third kappa shape index (κ3) is 2.15. The van der Waals surface area contributed by atoms with Crippen LogP contribution in [0.25, 0.3) is 0 Å². The van der Waals surface area contributed by atoms with Crippen LogP contribution in [-0.4, -0.2) is 13.0 Å². The zero-order chi connectivity index (χ0) is 11.7. The van der Waals surface area contributed by atoms with Crippen molar-refractivity contribution in [3.05, 3.63) is 23.5 Å². The predicted octanol–water partition coefficient (Wildman–Crippen LogP) is 2.49. The molecule has 16 heavy (non-hydrogen) atoms. The van der Waals surface area contributed by atoms with E-state index in [1.807, 2.05) is 6.92 Å². The van der Waals surface area contributed by atoms with E-state index in [9.17, 15) is 9.18 Å². The third-order valence-corrected chi connectivity index (χ3v) is 2.70. The van der Waals surface area contributed by atoms with Crippen LogP contribution in [0.3, 0.4) is 0 Å². The van der Waals surface area contributed by atoms with Gasteiger partial charge in [0.05, 0.1) is 7.11 Å². The maximum Gasteiger partial charge on any atom is 0.227 e. The van der Waals surface area contributed by atoms with Crippen LogP contribution in [0.2, 0.25) is 0 Å². The lowest BCUT2D eigenvalue weighted by Crippen LogP contribution is -2.14. The number of halogens is 1. The maximum atomic E-state index is 13.4. The van der Waals surface area contributed by atoms with Gasteiger partial charge in [0.1, 0.15) is 0 Å². The second kappa shape index (κ2) is 4.12. The van der Waals surface area contributed by atoms with Crippen molar-refractivity contribution in [3.63, 3.8) is 0 Å². The first kappa shape index (κ1) is 10.9. The van der Waals surface area contributed by atoms with Gasteiger partial charge in [-0.25, -0.2) is 4.39 Å². The van der Waals surface area contributed by atoms with E-state index in [0.717, 1.165) is 18.4 Å². The second-order valence-corrected chi connectivity index (χ2v) is 4.07. The Morgan fingerprint density at radius 2 is 2.19 bits per heavy atom. The van der Waals surface area contributed by atoms with Crippen LogP contribution in [0, 0.1) is 18.7 Å². The minimum atomic E-state index is -0.459. The molecule has 1 aromatic rings. The first-order valence-corrected chi connectivity index (χ1v) is 5.27. The zero-order valence-corrected chi connectivity index (χ0v) is 9.34. The van der Waals surface area contributed by atoms with E-state index in [2.05, 4.69) is 5.32 Å². The van der Waals surface area contributed by atoms with E-state index in [1.54, 1.807) is 6.07 Å². The standard InChI is InChI=1S/C12H14FNO2/c1-7-5-11(16-2)9(13)6-10(7)14-12(15)8-3-4-8/h5-6,8H,3-4H2,1-2H3,(H,14,15). The topological polar surface area (TPSA) is 38.3 Å². The summed E-state index contributed by atoms with van der Waals surface area (Å²) in [6.07, 6.45) is 1.87. The van der Waals surface area contributed by atoms with Gasteiger partial charge in [-0.1, -0.05) is 0 Å². The molecule has 1 fully saturated rings. The number of carbonyl (C=O) groups is 1. The number of nitrogens with one attached hydrogen (secondary N) is 1. The smallest absolute Gasteiger partial charge is 0.227 e. The average molecular weight is 223 g/mol. The van der Waals surface area contributed by atoms with Crippen LogP contribution in [0.15, 0.2) is 12.1 Å². The van der Waals surface area contributed by atoms with Crippen molar-refractivity contribution in [2.75, 3.05) is 12.4 Å². The molecule has 0 aromatic heterocycles. The van der Waals surface area contributed by atoms with Gasteiger partial charge in [0, 0.05) is 17.7 Å². The van der Waals surface area contributed by atoms with Crippen molar-refractivity contribution in [2.45, 2.75) is 19.8 Å². The quantitative estimate of drug-likeness (QED) is 0.854. The molecule has 0 unspecified atom stereocenters. The molecule has 0 heterocycles. The molecule has 1 aliphatic rings. The number of benzene rings is 1. The van der Waals surface area contributed by atoms with Gasteiger partial charge in [-0.15, -0.1) is 0 Å². The van der Waals surface area contributed by atoms with Gasteiger partial charge in [0.2, 0.25) is 5.91 Å². The first-order valence-electron chi connectivity index (χ1n) is 5.27. The zero-order valence-electron chi connectivity index (χ0n) is 9.34. The number of rotatable bonds is 3. The van der Waals surface area contributed by atoms with E-state index in [0.29, 0.717) is 5.69 Å². The molecule has 0 bridgehead atoms. The highest BCUT2D eigenvalue weighted by Gasteiger charge is 2.29. The summed E-state index contributed by atoms with van der Waals surface area (Å²) in [4.78, 5) is 11.5. The van der Waals surface area contributed by atoms with Crippen LogP contribution in [0.1, 0.15) is 18.4 Å². The summed E-state index contributed by atoms with van der Waals surface area (Å²) in [5, 5.41) is 2.73. The number of hydrogen-bond acceptors (Lipinski definition) is 2. The van der Waals surface area contributed by atoms with Crippen LogP contribution in [0.4, 0.5) is 10.1 Å². The largest absolute Gasteiger partial charge is 0.494 e. The Balaban J connectivity index is 2.20. The molecule has 1 N–H and O–H groups in total. The molecule has 3 nitrogen and oxygen atoms in total. The van der Waals surface area contributed by atoms with Gasteiger partial charge in [0.15, 0.2) is 11.6 Å². The van der Waals surface area contributed by atoms with Crippen molar-refractivity contribution >= 4 is 11.6 Å². The molecular formula is C12H14FNO2. The summed E-state index contributed by atoms with van der Waals surface area (Å²) in [6.45, 7) is 1.81. The molecule has 0 saturated heterocycles. The molecule has 86 valence electrons. The Morgan fingerprint density at radius 1 is 1.50 bits per heavy atom.